The predicted molar refractivity (Wildman–Crippen MR) is 60.0 cm³/mol. The number of benzene rings is 1. The number of hydrogen-bond acceptors (Lipinski definition) is 2. The van der Waals surface area contributed by atoms with E-state index in [1.807, 2.05) is 0 Å². The van der Waals surface area contributed by atoms with Crippen LogP contribution in [0.2, 0.25) is 5.02 Å². The second kappa shape index (κ2) is 3.94. The van der Waals surface area contributed by atoms with E-state index in [-0.39, 0.29) is 10.6 Å². The lowest BCUT2D eigenvalue weighted by atomic mass is 9.97. The number of aryl methyl sites for hydroxylation is 1. The van der Waals surface area contributed by atoms with Gasteiger partial charge in [0.1, 0.15) is 5.56 Å². The summed E-state index contributed by atoms with van der Waals surface area (Å²) in [7, 11) is 1.76. The molecule has 0 spiro atoms. The molecule has 3 nitrogen and oxygen atoms in total. The highest BCUT2D eigenvalue weighted by Crippen LogP contribution is 2.35. The quantitative estimate of drug-likeness (QED) is 0.824. The Bertz CT molecular complexity index is 462. The fraction of sp³-hybridized carbons (Fsp3) is 0.364. The van der Waals surface area contributed by atoms with Crippen molar-refractivity contribution >= 4 is 23.3 Å². The Labute approximate surface area is 97.4 Å². The summed E-state index contributed by atoms with van der Waals surface area (Å²) >= 11 is 5.69. The molecule has 0 bridgehead atoms. The number of rotatable bonds is 1. The zero-order valence-electron chi connectivity index (χ0n) is 8.76. The number of aromatic carboxylic acids is 1. The molecule has 2 rings (SSSR count). The van der Waals surface area contributed by atoms with Gasteiger partial charge in [-0.1, -0.05) is 11.6 Å². The molecule has 86 valence electrons. The van der Waals surface area contributed by atoms with Crippen LogP contribution in [0.5, 0.6) is 0 Å². The average Bonchev–Trinajstić information content (AvgIpc) is 2.20. The van der Waals surface area contributed by atoms with Crippen molar-refractivity contribution in [3.05, 3.63) is 28.0 Å². The molecule has 0 saturated carbocycles. The van der Waals surface area contributed by atoms with Gasteiger partial charge < -0.3 is 10.0 Å². The lowest BCUT2D eigenvalue weighted by Gasteiger charge is -2.29. The van der Waals surface area contributed by atoms with Crippen LogP contribution in [0.25, 0.3) is 0 Å². The molecular formula is C11H11ClFNO2. The molecule has 1 aromatic rings. The highest BCUT2D eigenvalue weighted by Gasteiger charge is 2.26. The molecular weight excluding hydrogens is 233 g/mol. The Balaban J connectivity index is 2.73. The van der Waals surface area contributed by atoms with Gasteiger partial charge in [-0.2, -0.15) is 0 Å². The summed E-state index contributed by atoms with van der Waals surface area (Å²) < 4.78 is 13.7. The molecule has 1 heterocycles. The molecule has 1 aliphatic heterocycles. The van der Waals surface area contributed by atoms with Crippen LogP contribution < -0.4 is 4.90 Å². The van der Waals surface area contributed by atoms with Crippen LogP contribution in [0.3, 0.4) is 0 Å². The molecule has 0 unspecified atom stereocenters. The van der Waals surface area contributed by atoms with Crippen molar-refractivity contribution in [2.24, 2.45) is 0 Å². The second-order valence-corrected chi connectivity index (χ2v) is 4.29. The highest BCUT2D eigenvalue weighted by atomic mass is 35.5. The summed E-state index contributed by atoms with van der Waals surface area (Å²) in [5, 5.41) is 8.92. The molecule has 0 saturated heterocycles. The molecule has 1 aliphatic rings. The van der Waals surface area contributed by atoms with Crippen molar-refractivity contribution in [1.29, 1.82) is 0 Å². The van der Waals surface area contributed by atoms with E-state index in [1.54, 1.807) is 11.9 Å². The SMILES string of the molecule is CN1CCCc2cc(Cl)c(F)c(C(=O)O)c21. The van der Waals surface area contributed by atoms with E-state index in [1.165, 1.54) is 6.07 Å². The maximum Gasteiger partial charge on any atom is 0.340 e. The standard InChI is InChI=1S/C11H11ClFNO2/c1-14-4-2-3-6-5-7(12)9(13)8(10(6)14)11(15)16/h5H,2-4H2,1H3,(H,15,16). The Morgan fingerprint density at radius 3 is 2.94 bits per heavy atom. The van der Waals surface area contributed by atoms with Gasteiger partial charge in [-0.15, -0.1) is 0 Å². The Morgan fingerprint density at radius 1 is 1.62 bits per heavy atom. The topological polar surface area (TPSA) is 40.5 Å². The minimum atomic E-state index is -1.27. The first kappa shape index (κ1) is 11.2. The van der Waals surface area contributed by atoms with E-state index in [0.717, 1.165) is 24.9 Å². The van der Waals surface area contributed by atoms with Crippen molar-refractivity contribution in [1.82, 2.24) is 0 Å². The summed E-state index contributed by atoms with van der Waals surface area (Å²) in [6, 6.07) is 1.52. The van der Waals surface area contributed by atoms with E-state index in [4.69, 9.17) is 16.7 Å². The molecule has 16 heavy (non-hydrogen) atoms. The first-order valence-electron chi connectivity index (χ1n) is 4.97. The van der Waals surface area contributed by atoms with Gasteiger partial charge in [-0.25, -0.2) is 9.18 Å². The molecule has 0 radical (unpaired) electrons. The number of nitrogens with zero attached hydrogens (tertiary/aromatic N) is 1. The van der Waals surface area contributed by atoms with E-state index in [0.29, 0.717) is 5.69 Å². The van der Waals surface area contributed by atoms with Gasteiger partial charge in [0, 0.05) is 13.6 Å². The fourth-order valence-electron chi connectivity index (χ4n) is 2.11. The van der Waals surface area contributed by atoms with Crippen molar-refractivity contribution in [3.63, 3.8) is 0 Å². The maximum absolute atomic E-state index is 13.7. The third kappa shape index (κ3) is 1.63. The molecule has 0 amide bonds. The number of halogens is 2. The number of carboxylic acids is 1. The zero-order chi connectivity index (χ0) is 11.9. The molecule has 0 atom stereocenters. The zero-order valence-corrected chi connectivity index (χ0v) is 9.51. The molecule has 0 fully saturated rings. The molecule has 1 N–H and O–H groups in total. The summed E-state index contributed by atoms with van der Waals surface area (Å²) in [6.45, 7) is 0.731. The van der Waals surface area contributed by atoms with Gasteiger partial charge in [0.2, 0.25) is 0 Å². The largest absolute Gasteiger partial charge is 0.478 e. The summed E-state index contributed by atoms with van der Waals surface area (Å²) in [5.41, 5.74) is 0.947. The van der Waals surface area contributed by atoms with Gasteiger partial charge in [0.05, 0.1) is 10.7 Å². The number of anilines is 1. The summed E-state index contributed by atoms with van der Waals surface area (Å²) in [5.74, 6) is -2.12. The van der Waals surface area contributed by atoms with E-state index < -0.39 is 11.8 Å². The molecule has 5 heteroatoms. The predicted octanol–water partition coefficient (Wildman–Crippen LogP) is 2.56. The normalized spacial score (nSPS) is 14.8. The summed E-state index contributed by atoms with van der Waals surface area (Å²) in [4.78, 5) is 12.8. The average molecular weight is 244 g/mol. The minimum absolute atomic E-state index is 0.119. The van der Waals surface area contributed by atoms with Crippen LogP contribution in [0.1, 0.15) is 22.3 Å². The first-order valence-corrected chi connectivity index (χ1v) is 5.35. The van der Waals surface area contributed by atoms with Crippen LogP contribution >= 0.6 is 11.6 Å². The smallest absolute Gasteiger partial charge is 0.340 e. The number of carboxylic acid groups (broad SMARTS) is 1. The number of fused-ring (bicyclic) bond motifs is 1. The van der Waals surface area contributed by atoms with Gasteiger partial charge in [-0.3, -0.25) is 0 Å². The molecule has 1 aromatic carbocycles. The van der Waals surface area contributed by atoms with Crippen molar-refractivity contribution < 1.29 is 14.3 Å². The number of hydrogen-bond donors (Lipinski definition) is 1. The van der Waals surface area contributed by atoms with E-state index in [2.05, 4.69) is 0 Å². The molecule has 0 aliphatic carbocycles. The second-order valence-electron chi connectivity index (χ2n) is 3.89. The first-order chi connectivity index (χ1) is 7.52. The highest BCUT2D eigenvalue weighted by molar-refractivity contribution is 6.31. The van der Waals surface area contributed by atoms with Crippen LogP contribution in [0, 0.1) is 5.82 Å². The van der Waals surface area contributed by atoms with Crippen LogP contribution in [0.15, 0.2) is 6.07 Å². The Hall–Kier alpha value is -1.29. The fourth-order valence-corrected chi connectivity index (χ4v) is 2.34. The summed E-state index contributed by atoms with van der Waals surface area (Å²) in [6.07, 6.45) is 1.66. The molecule has 0 aromatic heterocycles. The van der Waals surface area contributed by atoms with Crippen LogP contribution in [-0.2, 0) is 6.42 Å². The number of carbonyl (C=O) groups is 1. The van der Waals surface area contributed by atoms with Gasteiger partial charge in [0.15, 0.2) is 5.82 Å². The Morgan fingerprint density at radius 2 is 2.31 bits per heavy atom. The minimum Gasteiger partial charge on any atom is -0.478 e. The monoisotopic (exact) mass is 243 g/mol. The Kier molecular flexibility index (Phi) is 2.76. The maximum atomic E-state index is 13.7. The van der Waals surface area contributed by atoms with E-state index in [9.17, 15) is 9.18 Å². The van der Waals surface area contributed by atoms with Crippen molar-refractivity contribution in [2.75, 3.05) is 18.5 Å². The van der Waals surface area contributed by atoms with Crippen LogP contribution in [0.4, 0.5) is 10.1 Å². The third-order valence-electron chi connectivity index (χ3n) is 2.81. The third-order valence-corrected chi connectivity index (χ3v) is 3.08. The van der Waals surface area contributed by atoms with Gasteiger partial charge in [-0.05, 0) is 24.5 Å². The van der Waals surface area contributed by atoms with Crippen molar-refractivity contribution in [3.8, 4) is 0 Å². The lowest BCUT2D eigenvalue weighted by molar-refractivity contribution is 0.0692. The van der Waals surface area contributed by atoms with Crippen molar-refractivity contribution in [2.45, 2.75) is 12.8 Å². The van der Waals surface area contributed by atoms with E-state index >= 15 is 0 Å². The lowest BCUT2D eigenvalue weighted by Crippen LogP contribution is -2.27. The van der Waals surface area contributed by atoms with Crippen LogP contribution in [-0.4, -0.2) is 24.7 Å². The van der Waals surface area contributed by atoms with Gasteiger partial charge >= 0.3 is 5.97 Å². The van der Waals surface area contributed by atoms with Gasteiger partial charge in [0.25, 0.3) is 0 Å².